The fourth-order valence-corrected chi connectivity index (χ4v) is 3.09. The molecule has 1 saturated heterocycles. The van der Waals surface area contributed by atoms with Gasteiger partial charge in [0.05, 0.1) is 11.9 Å². The zero-order chi connectivity index (χ0) is 13.0. The molecule has 18 heavy (non-hydrogen) atoms. The quantitative estimate of drug-likeness (QED) is 0.643. The Morgan fingerprint density at radius 1 is 1.33 bits per heavy atom. The third-order valence-electron chi connectivity index (χ3n) is 2.81. The Kier molecular flexibility index (Phi) is 4.68. The molecule has 1 aromatic rings. The van der Waals surface area contributed by atoms with Gasteiger partial charge in [-0.1, -0.05) is 18.2 Å². The first-order chi connectivity index (χ1) is 8.66. The lowest BCUT2D eigenvalue weighted by Crippen LogP contribution is -2.28. The molecule has 98 valence electrons. The molecule has 4 nitrogen and oxygen atoms in total. The summed E-state index contributed by atoms with van der Waals surface area (Å²) in [4.78, 5) is 0.294. The Morgan fingerprint density at radius 3 is 2.67 bits per heavy atom. The summed E-state index contributed by atoms with van der Waals surface area (Å²) in [6.45, 7) is 0.556. The van der Waals surface area contributed by atoms with Crippen molar-refractivity contribution >= 4 is 27.9 Å². The molecule has 0 amide bonds. The predicted molar refractivity (Wildman–Crippen MR) is 74.8 cm³/mol. The zero-order valence-corrected chi connectivity index (χ0v) is 11.5. The van der Waals surface area contributed by atoms with E-state index in [2.05, 4.69) is 17.9 Å². The number of hydrogen-bond acceptors (Lipinski definition) is 4. The molecule has 0 spiro atoms. The van der Waals surface area contributed by atoms with Crippen LogP contribution in [0.25, 0.3) is 0 Å². The molecule has 1 aliphatic heterocycles. The van der Waals surface area contributed by atoms with Gasteiger partial charge in [-0.25, -0.2) is 0 Å². The van der Waals surface area contributed by atoms with E-state index < -0.39 is 10.3 Å². The number of benzene rings is 1. The molecule has 0 bridgehead atoms. The Bertz CT molecular complexity index is 520. The lowest BCUT2D eigenvalue weighted by molar-refractivity contribution is 0.294. The second-order valence-corrected chi connectivity index (χ2v) is 5.67. The molecule has 1 fully saturated rings. The van der Waals surface area contributed by atoms with Crippen LogP contribution >= 0.6 is 12.6 Å². The van der Waals surface area contributed by atoms with Crippen LogP contribution in [-0.4, -0.2) is 31.3 Å². The Hall–Kier alpha value is -0.980. The first-order valence-corrected chi connectivity index (χ1v) is 7.34. The molecular weight excluding hydrogens is 270 g/mol. The highest BCUT2D eigenvalue weighted by molar-refractivity contribution is 7.84. The minimum Gasteiger partial charge on any atom is -0.494 e. The van der Waals surface area contributed by atoms with E-state index in [1.807, 2.05) is 30.3 Å². The second kappa shape index (κ2) is 6.26. The van der Waals surface area contributed by atoms with E-state index in [1.165, 1.54) is 0 Å². The van der Waals surface area contributed by atoms with E-state index in [4.69, 9.17) is 4.74 Å². The number of para-hydroxylation sites is 1. The van der Waals surface area contributed by atoms with Gasteiger partial charge in [0.2, 0.25) is 10.3 Å². The largest absolute Gasteiger partial charge is 0.494 e. The van der Waals surface area contributed by atoms with Gasteiger partial charge >= 0.3 is 0 Å². The fraction of sp³-hybridized carbons (Fsp3) is 0.417. The van der Waals surface area contributed by atoms with Crippen LogP contribution in [0.4, 0.5) is 0 Å². The van der Waals surface area contributed by atoms with Crippen LogP contribution < -0.4 is 10.1 Å². The molecule has 1 aromatic carbocycles. The van der Waals surface area contributed by atoms with Gasteiger partial charge in [0.25, 0.3) is 0 Å². The smallest absolute Gasteiger partial charge is 0.229 e. The van der Waals surface area contributed by atoms with E-state index in [0.717, 1.165) is 12.2 Å². The van der Waals surface area contributed by atoms with Crippen molar-refractivity contribution < 1.29 is 13.2 Å². The predicted octanol–water partition coefficient (Wildman–Crippen LogP) is 1.12. The number of hydrogen-bond donors (Lipinski definition) is 2. The topological polar surface area (TPSA) is 55.4 Å². The Morgan fingerprint density at radius 2 is 2.06 bits per heavy atom. The van der Waals surface area contributed by atoms with Gasteiger partial charge in [-0.05, 0) is 25.0 Å². The molecule has 1 aliphatic rings. The lowest BCUT2D eigenvalue weighted by atomic mass is 10.2. The average molecular weight is 285 g/mol. The molecule has 0 aromatic heterocycles. The summed E-state index contributed by atoms with van der Waals surface area (Å²) in [6, 6.07) is 9.67. The van der Waals surface area contributed by atoms with E-state index in [9.17, 15) is 8.42 Å². The number of ether oxygens (including phenoxy) is 1. The van der Waals surface area contributed by atoms with Gasteiger partial charge in [0.1, 0.15) is 10.7 Å². The maximum Gasteiger partial charge on any atom is 0.229 e. The van der Waals surface area contributed by atoms with Crippen LogP contribution in [-0.2, 0) is 10.3 Å². The van der Waals surface area contributed by atoms with Gasteiger partial charge in [-0.2, -0.15) is 21.0 Å². The summed E-state index contributed by atoms with van der Waals surface area (Å²) in [5.74, 6) is 0.828. The van der Waals surface area contributed by atoms with Crippen LogP contribution in [0.3, 0.4) is 0 Å². The lowest BCUT2D eigenvalue weighted by Gasteiger charge is -2.10. The summed E-state index contributed by atoms with van der Waals surface area (Å²) >= 11 is 4.24. The Balaban J connectivity index is 1.81. The molecule has 0 saturated carbocycles. The van der Waals surface area contributed by atoms with Crippen molar-refractivity contribution in [2.45, 2.75) is 24.1 Å². The van der Waals surface area contributed by atoms with Crippen molar-refractivity contribution in [2.24, 2.45) is 0 Å². The van der Waals surface area contributed by atoms with Gasteiger partial charge < -0.3 is 4.74 Å². The van der Waals surface area contributed by atoms with E-state index in [0.29, 0.717) is 18.0 Å². The number of thiol groups is 1. The first kappa shape index (κ1) is 13.5. The molecule has 2 rings (SSSR count). The molecule has 0 aliphatic carbocycles. The van der Waals surface area contributed by atoms with Crippen molar-refractivity contribution in [2.75, 3.05) is 6.61 Å². The molecule has 1 N–H and O–H groups in total. The van der Waals surface area contributed by atoms with Gasteiger partial charge in [0, 0.05) is 6.04 Å². The second-order valence-electron chi connectivity index (χ2n) is 4.14. The molecule has 1 heterocycles. The van der Waals surface area contributed by atoms with Gasteiger partial charge in [-0.3, -0.25) is 5.32 Å². The van der Waals surface area contributed by atoms with Crippen molar-refractivity contribution in [3.05, 3.63) is 30.3 Å². The highest BCUT2D eigenvalue weighted by atomic mass is 32.2. The number of rotatable bonds is 4. The summed E-state index contributed by atoms with van der Waals surface area (Å²) < 4.78 is 27.3. The summed E-state index contributed by atoms with van der Waals surface area (Å²) in [5.41, 5.74) is 0. The third-order valence-corrected chi connectivity index (χ3v) is 4.22. The van der Waals surface area contributed by atoms with Gasteiger partial charge in [0.15, 0.2) is 0 Å². The average Bonchev–Trinajstić information content (AvgIpc) is 2.72. The first-order valence-electron chi connectivity index (χ1n) is 5.75. The fourth-order valence-electron chi connectivity index (χ4n) is 1.92. The normalized spacial score (nSPS) is 23.1. The zero-order valence-electron chi connectivity index (χ0n) is 9.74. The molecule has 6 heteroatoms. The van der Waals surface area contributed by atoms with Crippen molar-refractivity contribution in [1.82, 2.24) is 5.32 Å². The Labute approximate surface area is 113 Å². The van der Waals surface area contributed by atoms with E-state index >= 15 is 0 Å². The highest BCUT2D eigenvalue weighted by Crippen LogP contribution is 2.17. The van der Waals surface area contributed by atoms with Gasteiger partial charge in [-0.15, -0.1) is 0 Å². The minimum absolute atomic E-state index is 0.115. The van der Waals surface area contributed by atoms with Crippen LogP contribution in [0, 0.1) is 0 Å². The van der Waals surface area contributed by atoms with Crippen molar-refractivity contribution in [1.29, 1.82) is 0 Å². The SMILES string of the molecule is O=S(=O)=C1NC(CCOc2ccccc2)CC1S. The molecular formula is C12H15NO3S2. The minimum atomic E-state index is -2.19. The van der Waals surface area contributed by atoms with Crippen LogP contribution in [0.1, 0.15) is 12.8 Å². The maximum atomic E-state index is 10.9. The summed E-state index contributed by atoms with van der Waals surface area (Å²) in [5, 5.41) is 2.76. The van der Waals surface area contributed by atoms with E-state index in [-0.39, 0.29) is 11.3 Å². The molecule has 2 unspecified atom stereocenters. The molecule has 2 atom stereocenters. The summed E-state index contributed by atoms with van der Waals surface area (Å²) in [6.07, 6.45) is 1.47. The standard InChI is InChI=1S/C12H15NO3S2/c14-18(15)12-11(17)8-9(13-12)6-7-16-10-4-2-1-3-5-10/h1-5,9,11,13,17H,6-8H2. The van der Waals surface area contributed by atoms with Crippen LogP contribution in [0.2, 0.25) is 0 Å². The molecule has 0 radical (unpaired) electrons. The summed E-state index contributed by atoms with van der Waals surface area (Å²) in [7, 11) is -2.19. The van der Waals surface area contributed by atoms with Crippen LogP contribution in [0.5, 0.6) is 5.75 Å². The van der Waals surface area contributed by atoms with Crippen molar-refractivity contribution in [3.63, 3.8) is 0 Å². The third kappa shape index (κ3) is 3.51. The van der Waals surface area contributed by atoms with E-state index in [1.54, 1.807) is 0 Å². The monoisotopic (exact) mass is 285 g/mol. The highest BCUT2D eigenvalue weighted by Gasteiger charge is 2.28. The maximum absolute atomic E-state index is 10.9. The number of nitrogens with one attached hydrogen (secondary N) is 1. The van der Waals surface area contributed by atoms with Crippen molar-refractivity contribution in [3.8, 4) is 5.75 Å². The van der Waals surface area contributed by atoms with Crippen LogP contribution in [0.15, 0.2) is 30.3 Å².